The standard InChI is InChI=1S/C16H22Cl2N2O3/c1-10(2)8-19-14(21)9-20(3)15(16(22)23-4)11-5-6-12(17)13(18)7-11/h5-7,10,15H,8-9H2,1-4H3,(H,19,21)/t15-/m1/s1. The number of nitrogens with zero attached hydrogens (tertiary/aromatic N) is 1. The van der Waals surface area contributed by atoms with Gasteiger partial charge in [0.1, 0.15) is 6.04 Å². The van der Waals surface area contributed by atoms with Gasteiger partial charge in [-0.1, -0.05) is 43.1 Å². The topological polar surface area (TPSA) is 58.6 Å². The molecule has 1 N–H and O–H groups in total. The number of hydrogen-bond acceptors (Lipinski definition) is 4. The summed E-state index contributed by atoms with van der Waals surface area (Å²) in [6.45, 7) is 4.67. The van der Waals surface area contributed by atoms with Crippen LogP contribution in [-0.4, -0.2) is 44.0 Å². The fourth-order valence-corrected chi connectivity index (χ4v) is 2.36. The van der Waals surface area contributed by atoms with Gasteiger partial charge in [0, 0.05) is 6.54 Å². The molecule has 128 valence electrons. The van der Waals surface area contributed by atoms with E-state index in [1.807, 2.05) is 13.8 Å². The largest absolute Gasteiger partial charge is 0.468 e. The van der Waals surface area contributed by atoms with Gasteiger partial charge in [-0.2, -0.15) is 0 Å². The predicted molar refractivity (Wildman–Crippen MR) is 91.7 cm³/mol. The Labute approximate surface area is 146 Å². The van der Waals surface area contributed by atoms with Crippen LogP contribution < -0.4 is 5.32 Å². The second-order valence-electron chi connectivity index (χ2n) is 5.71. The number of rotatable bonds is 7. The van der Waals surface area contributed by atoms with Crippen LogP contribution in [0.2, 0.25) is 10.0 Å². The van der Waals surface area contributed by atoms with Gasteiger partial charge in [-0.05, 0) is 30.7 Å². The highest BCUT2D eigenvalue weighted by Gasteiger charge is 2.28. The molecule has 23 heavy (non-hydrogen) atoms. The average Bonchev–Trinajstić information content (AvgIpc) is 2.48. The lowest BCUT2D eigenvalue weighted by atomic mass is 10.1. The summed E-state index contributed by atoms with van der Waals surface area (Å²) in [6.07, 6.45) is 0. The van der Waals surface area contributed by atoms with E-state index in [0.29, 0.717) is 28.1 Å². The predicted octanol–water partition coefficient (Wildman–Crippen LogP) is 2.91. The number of halogens is 2. The highest BCUT2D eigenvalue weighted by molar-refractivity contribution is 6.42. The molecule has 1 aromatic rings. The van der Waals surface area contributed by atoms with E-state index in [9.17, 15) is 9.59 Å². The third-order valence-electron chi connectivity index (χ3n) is 3.23. The Morgan fingerprint density at radius 3 is 2.43 bits per heavy atom. The lowest BCUT2D eigenvalue weighted by Gasteiger charge is -2.26. The number of amides is 1. The van der Waals surface area contributed by atoms with Gasteiger partial charge in [-0.15, -0.1) is 0 Å². The molecule has 0 aliphatic heterocycles. The maximum absolute atomic E-state index is 12.1. The Morgan fingerprint density at radius 1 is 1.26 bits per heavy atom. The summed E-state index contributed by atoms with van der Waals surface area (Å²) in [5, 5.41) is 3.56. The molecule has 0 saturated carbocycles. The van der Waals surface area contributed by atoms with Gasteiger partial charge in [-0.3, -0.25) is 9.69 Å². The summed E-state index contributed by atoms with van der Waals surface area (Å²) in [6, 6.07) is 4.17. The van der Waals surface area contributed by atoms with Gasteiger partial charge in [0.2, 0.25) is 5.91 Å². The van der Waals surface area contributed by atoms with Crippen LogP contribution in [0.1, 0.15) is 25.5 Å². The summed E-state index contributed by atoms with van der Waals surface area (Å²) in [4.78, 5) is 25.7. The molecular formula is C16H22Cl2N2O3. The van der Waals surface area contributed by atoms with E-state index >= 15 is 0 Å². The first-order chi connectivity index (χ1) is 10.8. The number of hydrogen-bond donors (Lipinski definition) is 1. The molecule has 0 aliphatic rings. The molecule has 0 heterocycles. The van der Waals surface area contributed by atoms with Gasteiger partial charge in [0.15, 0.2) is 0 Å². The molecule has 0 unspecified atom stereocenters. The lowest BCUT2D eigenvalue weighted by Crippen LogP contribution is -2.41. The van der Waals surface area contributed by atoms with Crippen LogP contribution in [0.5, 0.6) is 0 Å². The number of ether oxygens (including phenoxy) is 1. The molecule has 0 saturated heterocycles. The first-order valence-corrected chi connectivity index (χ1v) is 8.01. The molecule has 0 aromatic heterocycles. The van der Waals surface area contributed by atoms with Crippen LogP contribution in [0.3, 0.4) is 0 Å². The minimum absolute atomic E-state index is 0.0622. The van der Waals surface area contributed by atoms with Crippen molar-refractivity contribution in [3.05, 3.63) is 33.8 Å². The number of likely N-dealkylation sites (N-methyl/N-ethyl adjacent to an activating group) is 1. The maximum Gasteiger partial charge on any atom is 0.327 e. The lowest BCUT2D eigenvalue weighted by molar-refractivity contribution is -0.147. The summed E-state index contributed by atoms with van der Waals surface area (Å²) in [5.74, 6) is -0.270. The van der Waals surface area contributed by atoms with Gasteiger partial charge in [0.25, 0.3) is 0 Å². The van der Waals surface area contributed by atoms with Gasteiger partial charge >= 0.3 is 5.97 Å². The van der Waals surface area contributed by atoms with E-state index in [4.69, 9.17) is 27.9 Å². The fraction of sp³-hybridized carbons (Fsp3) is 0.500. The van der Waals surface area contributed by atoms with Crippen molar-refractivity contribution in [3.8, 4) is 0 Å². The van der Waals surface area contributed by atoms with Crippen LogP contribution >= 0.6 is 23.2 Å². The van der Waals surface area contributed by atoms with E-state index < -0.39 is 12.0 Å². The van der Waals surface area contributed by atoms with E-state index in [1.54, 1.807) is 30.1 Å². The summed E-state index contributed by atoms with van der Waals surface area (Å²) in [5.41, 5.74) is 0.616. The van der Waals surface area contributed by atoms with Crippen molar-refractivity contribution in [2.75, 3.05) is 27.2 Å². The van der Waals surface area contributed by atoms with Crippen molar-refractivity contribution in [1.82, 2.24) is 10.2 Å². The Bertz CT molecular complexity index is 564. The quantitative estimate of drug-likeness (QED) is 0.759. The molecule has 0 aliphatic carbocycles. The monoisotopic (exact) mass is 360 g/mol. The molecule has 1 atom stereocenters. The van der Waals surface area contributed by atoms with E-state index in [2.05, 4.69) is 5.32 Å². The molecule has 5 nitrogen and oxygen atoms in total. The maximum atomic E-state index is 12.1. The SMILES string of the molecule is COC(=O)[C@@H](c1ccc(Cl)c(Cl)c1)N(C)CC(=O)NCC(C)C. The molecule has 1 rings (SSSR count). The van der Waals surface area contributed by atoms with E-state index in [-0.39, 0.29) is 12.5 Å². The van der Waals surface area contributed by atoms with Crippen LogP contribution in [0, 0.1) is 5.92 Å². The Balaban J connectivity index is 2.91. The van der Waals surface area contributed by atoms with Gasteiger partial charge in [0.05, 0.1) is 23.7 Å². The molecule has 1 aromatic carbocycles. The minimum atomic E-state index is -0.737. The molecule has 7 heteroatoms. The number of methoxy groups -OCH3 is 1. The smallest absolute Gasteiger partial charge is 0.327 e. The third kappa shape index (κ3) is 6.01. The number of nitrogens with one attached hydrogen (secondary N) is 1. The molecule has 0 spiro atoms. The highest BCUT2D eigenvalue weighted by atomic mass is 35.5. The molecule has 0 radical (unpaired) electrons. The van der Waals surface area contributed by atoms with Crippen molar-refractivity contribution >= 4 is 35.1 Å². The summed E-state index contributed by atoms with van der Waals surface area (Å²) >= 11 is 11.9. The highest BCUT2D eigenvalue weighted by Crippen LogP contribution is 2.28. The van der Waals surface area contributed by atoms with E-state index in [1.165, 1.54) is 7.11 Å². The second-order valence-corrected chi connectivity index (χ2v) is 6.53. The molecule has 1 amide bonds. The van der Waals surface area contributed by atoms with Crippen molar-refractivity contribution in [3.63, 3.8) is 0 Å². The zero-order valence-electron chi connectivity index (χ0n) is 13.7. The van der Waals surface area contributed by atoms with Crippen LogP contribution in [0.4, 0.5) is 0 Å². The van der Waals surface area contributed by atoms with Gasteiger partial charge in [-0.25, -0.2) is 4.79 Å². The van der Waals surface area contributed by atoms with Crippen molar-refractivity contribution < 1.29 is 14.3 Å². The second kappa shape index (κ2) is 9.11. The zero-order valence-corrected chi connectivity index (χ0v) is 15.2. The Morgan fingerprint density at radius 2 is 1.91 bits per heavy atom. The average molecular weight is 361 g/mol. The number of carbonyl (C=O) groups excluding carboxylic acids is 2. The van der Waals surface area contributed by atoms with Gasteiger partial charge < -0.3 is 10.1 Å². The van der Waals surface area contributed by atoms with Crippen LogP contribution in [0.25, 0.3) is 0 Å². The van der Waals surface area contributed by atoms with E-state index in [0.717, 1.165) is 0 Å². The third-order valence-corrected chi connectivity index (χ3v) is 3.96. The fourth-order valence-electron chi connectivity index (χ4n) is 2.06. The summed E-state index contributed by atoms with van der Waals surface area (Å²) in [7, 11) is 2.98. The van der Waals surface area contributed by atoms with Crippen molar-refractivity contribution in [1.29, 1.82) is 0 Å². The molecule has 0 fully saturated rings. The van der Waals surface area contributed by atoms with Crippen molar-refractivity contribution in [2.24, 2.45) is 5.92 Å². The number of carbonyl (C=O) groups is 2. The number of benzene rings is 1. The molecular weight excluding hydrogens is 339 g/mol. The van der Waals surface area contributed by atoms with Crippen LogP contribution in [-0.2, 0) is 14.3 Å². The first kappa shape index (κ1) is 19.7. The van der Waals surface area contributed by atoms with Crippen molar-refractivity contribution in [2.45, 2.75) is 19.9 Å². The first-order valence-electron chi connectivity index (χ1n) is 7.26. The number of esters is 1. The summed E-state index contributed by atoms with van der Waals surface area (Å²) < 4.78 is 4.85. The minimum Gasteiger partial charge on any atom is -0.468 e. The molecule has 0 bridgehead atoms. The normalized spacial score (nSPS) is 12.3. The zero-order chi connectivity index (χ0) is 17.6. The Hall–Kier alpha value is -1.30. The van der Waals surface area contributed by atoms with Crippen LogP contribution in [0.15, 0.2) is 18.2 Å². The Kier molecular flexibility index (Phi) is 7.82.